The number of anilines is 1. The lowest BCUT2D eigenvalue weighted by Crippen LogP contribution is -2.41. The minimum absolute atomic E-state index is 0.562. The molecule has 0 spiro atoms. The van der Waals surface area contributed by atoms with E-state index in [1.807, 2.05) is 44.4 Å². The molecule has 0 aromatic heterocycles. The lowest BCUT2D eigenvalue weighted by molar-refractivity contribution is 0.382. The van der Waals surface area contributed by atoms with E-state index in [0.29, 0.717) is 12.5 Å². The first-order chi connectivity index (χ1) is 15.1. The van der Waals surface area contributed by atoms with Crippen LogP contribution in [0.1, 0.15) is 12.0 Å². The average Bonchev–Trinajstić information content (AvgIpc) is 3.29. The van der Waals surface area contributed by atoms with Crippen molar-refractivity contribution < 1.29 is 14.2 Å². The number of ether oxygens (including phenoxy) is 3. The Kier molecular flexibility index (Phi) is 7.87. The maximum Gasteiger partial charge on any atom is 0.193 e. The Hall–Kier alpha value is -3.09. The Morgan fingerprint density at radius 2 is 1.87 bits per heavy atom. The minimum Gasteiger partial charge on any atom is -0.497 e. The number of rotatable bonds is 8. The summed E-state index contributed by atoms with van der Waals surface area (Å²) in [7, 11) is 8.90. The molecule has 2 aromatic carbocycles. The van der Waals surface area contributed by atoms with Gasteiger partial charge in [-0.15, -0.1) is 0 Å². The number of aliphatic imine (C=N–C) groups is 1. The van der Waals surface area contributed by atoms with Gasteiger partial charge in [0.2, 0.25) is 0 Å². The first-order valence-electron chi connectivity index (χ1n) is 10.6. The fraction of sp³-hybridized carbons (Fsp3) is 0.458. The molecule has 1 atom stereocenters. The van der Waals surface area contributed by atoms with Crippen molar-refractivity contribution in [2.75, 3.05) is 60.0 Å². The highest BCUT2D eigenvalue weighted by Gasteiger charge is 2.23. The highest BCUT2D eigenvalue weighted by molar-refractivity contribution is 5.79. The molecule has 2 aromatic rings. The van der Waals surface area contributed by atoms with Gasteiger partial charge < -0.3 is 29.3 Å². The van der Waals surface area contributed by atoms with Crippen LogP contribution in [0.3, 0.4) is 0 Å². The molecule has 0 amide bonds. The average molecular weight is 427 g/mol. The molecule has 0 saturated carbocycles. The van der Waals surface area contributed by atoms with Crippen LogP contribution in [-0.4, -0.2) is 65.9 Å². The van der Waals surface area contributed by atoms with Crippen molar-refractivity contribution in [3.05, 3.63) is 48.0 Å². The van der Waals surface area contributed by atoms with Crippen LogP contribution in [0, 0.1) is 5.92 Å². The van der Waals surface area contributed by atoms with Crippen LogP contribution < -0.4 is 24.4 Å². The summed E-state index contributed by atoms with van der Waals surface area (Å²) in [6, 6.07) is 14.2. The summed E-state index contributed by atoms with van der Waals surface area (Å²) in [6.07, 6.45) is 1.15. The summed E-state index contributed by atoms with van der Waals surface area (Å²) in [5.41, 5.74) is 2.30. The Morgan fingerprint density at radius 1 is 1.10 bits per heavy atom. The molecule has 168 valence electrons. The van der Waals surface area contributed by atoms with Crippen molar-refractivity contribution in [3.63, 3.8) is 0 Å². The highest BCUT2D eigenvalue weighted by atomic mass is 16.5. The van der Waals surface area contributed by atoms with E-state index in [9.17, 15) is 0 Å². The molecule has 7 heteroatoms. The molecule has 1 N–H and O–H groups in total. The van der Waals surface area contributed by atoms with Gasteiger partial charge in [-0.05, 0) is 36.6 Å². The third-order valence-corrected chi connectivity index (χ3v) is 5.73. The number of methoxy groups -OCH3 is 3. The summed E-state index contributed by atoms with van der Waals surface area (Å²) >= 11 is 0. The normalized spacial score (nSPS) is 16.2. The van der Waals surface area contributed by atoms with Crippen LogP contribution in [0.2, 0.25) is 0 Å². The number of hydrogen-bond acceptors (Lipinski definition) is 5. The molecular weight excluding hydrogens is 392 g/mol. The van der Waals surface area contributed by atoms with Crippen molar-refractivity contribution in [2.45, 2.75) is 13.0 Å². The molecule has 1 unspecified atom stereocenters. The smallest absolute Gasteiger partial charge is 0.193 e. The van der Waals surface area contributed by atoms with Gasteiger partial charge >= 0.3 is 0 Å². The van der Waals surface area contributed by atoms with Gasteiger partial charge in [-0.25, -0.2) is 0 Å². The second-order valence-corrected chi connectivity index (χ2v) is 7.76. The summed E-state index contributed by atoms with van der Waals surface area (Å²) in [5, 5.41) is 3.55. The fourth-order valence-electron chi connectivity index (χ4n) is 3.97. The van der Waals surface area contributed by atoms with E-state index in [0.717, 1.165) is 54.8 Å². The van der Waals surface area contributed by atoms with Crippen LogP contribution in [0.5, 0.6) is 17.2 Å². The molecule has 1 aliphatic rings. The van der Waals surface area contributed by atoms with Crippen molar-refractivity contribution in [1.29, 1.82) is 0 Å². The minimum atomic E-state index is 0.562. The van der Waals surface area contributed by atoms with Crippen molar-refractivity contribution >= 4 is 11.6 Å². The predicted octanol–water partition coefficient (Wildman–Crippen LogP) is 3.25. The van der Waals surface area contributed by atoms with E-state index in [1.54, 1.807) is 21.3 Å². The van der Waals surface area contributed by atoms with Crippen molar-refractivity contribution in [2.24, 2.45) is 10.9 Å². The van der Waals surface area contributed by atoms with E-state index >= 15 is 0 Å². The number of hydrogen-bond donors (Lipinski definition) is 1. The van der Waals surface area contributed by atoms with Crippen molar-refractivity contribution in [3.8, 4) is 17.2 Å². The van der Waals surface area contributed by atoms with Gasteiger partial charge in [0.05, 0.1) is 21.3 Å². The second-order valence-electron chi connectivity index (χ2n) is 7.76. The quantitative estimate of drug-likeness (QED) is 0.517. The third-order valence-electron chi connectivity index (χ3n) is 5.73. The van der Waals surface area contributed by atoms with Crippen LogP contribution in [-0.2, 0) is 6.54 Å². The molecule has 7 nitrogen and oxygen atoms in total. The molecule has 3 rings (SSSR count). The number of benzene rings is 2. The largest absolute Gasteiger partial charge is 0.497 e. The first kappa shape index (κ1) is 22.6. The monoisotopic (exact) mass is 426 g/mol. The molecule has 0 bridgehead atoms. The summed E-state index contributed by atoms with van der Waals surface area (Å²) in [6.45, 7) is 3.65. The zero-order chi connectivity index (χ0) is 22.2. The summed E-state index contributed by atoms with van der Waals surface area (Å²) in [4.78, 5) is 9.00. The Bertz CT molecular complexity index is 887. The van der Waals surface area contributed by atoms with Gasteiger partial charge in [0.25, 0.3) is 0 Å². The van der Waals surface area contributed by atoms with Crippen LogP contribution >= 0.6 is 0 Å². The molecule has 1 fully saturated rings. The van der Waals surface area contributed by atoms with E-state index < -0.39 is 0 Å². The highest BCUT2D eigenvalue weighted by Crippen LogP contribution is 2.27. The zero-order valence-electron chi connectivity index (χ0n) is 19.2. The maximum absolute atomic E-state index is 5.53. The SMILES string of the molecule is CN=C(NCC1CCN(c2cccc(OC)c2)C1)N(C)Cc1ccc(OC)cc1OC. The number of nitrogens with zero attached hydrogens (tertiary/aromatic N) is 3. The molecular formula is C24H34N4O3. The Morgan fingerprint density at radius 3 is 2.58 bits per heavy atom. The lowest BCUT2D eigenvalue weighted by Gasteiger charge is -2.25. The fourth-order valence-corrected chi connectivity index (χ4v) is 3.97. The van der Waals surface area contributed by atoms with Gasteiger partial charge in [0.15, 0.2) is 5.96 Å². The third kappa shape index (κ3) is 5.75. The predicted molar refractivity (Wildman–Crippen MR) is 126 cm³/mol. The van der Waals surface area contributed by atoms with E-state index in [1.165, 1.54) is 5.69 Å². The second kappa shape index (κ2) is 10.8. The van der Waals surface area contributed by atoms with Gasteiger partial charge in [-0.2, -0.15) is 0 Å². The van der Waals surface area contributed by atoms with E-state index in [4.69, 9.17) is 14.2 Å². The van der Waals surface area contributed by atoms with Crippen molar-refractivity contribution in [1.82, 2.24) is 10.2 Å². The van der Waals surface area contributed by atoms with E-state index in [-0.39, 0.29) is 0 Å². The van der Waals surface area contributed by atoms with Gasteiger partial charge in [-0.3, -0.25) is 4.99 Å². The summed E-state index contributed by atoms with van der Waals surface area (Å²) in [5.74, 6) is 3.93. The summed E-state index contributed by atoms with van der Waals surface area (Å²) < 4.78 is 16.2. The topological polar surface area (TPSA) is 58.6 Å². The molecule has 1 heterocycles. The molecule has 0 radical (unpaired) electrons. The van der Waals surface area contributed by atoms with Crippen LogP contribution in [0.4, 0.5) is 5.69 Å². The first-order valence-corrected chi connectivity index (χ1v) is 10.6. The van der Waals surface area contributed by atoms with Gasteiger partial charge in [0, 0.05) is 63.7 Å². The van der Waals surface area contributed by atoms with Crippen LogP contribution in [0.15, 0.2) is 47.5 Å². The van der Waals surface area contributed by atoms with E-state index in [2.05, 4.69) is 32.2 Å². The lowest BCUT2D eigenvalue weighted by atomic mass is 10.1. The van der Waals surface area contributed by atoms with Gasteiger partial charge in [0.1, 0.15) is 17.2 Å². The van der Waals surface area contributed by atoms with Crippen LogP contribution in [0.25, 0.3) is 0 Å². The van der Waals surface area contributed by atoms with Gasteiger partial charge in [-0.1, -0.05) is 6.07 Å². The molecule has 0 aliphatic carbocycles. The molecule has 1 aliphatic heterocycles. The number of guanidine groups is 1. The Labute approximate surface area is 185 Å². The molecule has 1 saturated heterocycles. The standard InChI is InChI=1S/C24H34N4O3/c1-25-24(27(2)17-19-9-10-22(30-4)14-23(19)31-5)26-15-18-11-12-28(16-18)20-7-6-8-21(13-20)29-3/h6-10,13-14,18H,11-12,15-17H2,1-5H3,(H,25,26). The Balaban J connectivity index is 1.54. The molecule has 31 heavy (non-hydrogen) atoms. The number of nitrogens with one attached hydrogen (secondary N) is 1. The maximum atomic E-state index is 5.53. The zero-order valence-corrected chi connectivity index (χ0v) is 19.2.